The van der Waals surface area contributed by atoms with Crippen LogP contribution >= 0.6 is 11.8 Å². The summed E-state index contributed by atoms with van der Waals surface area (Å²) in [7, 11) is 1.45. The average Bonchev–Trinajstić information content (AvgIpc) is 2.65. The number of carbonyl (C=O) groups excluding carboxylic acids is 1. The van der Waals surface area contributed by atoms with Gasteiger partial charge in [0.15, 0.2) is 0 Å². The molecule has 0 saturated heterocycles. The smallest absolute Gasteiger partial charge is 0.338 e. The molecule has 4 rings (SSSR count). The molecule has 0 radical (unpaired) electrons. The number of hydrogen-bond donors (Lipinski definition) is 0. The van der Waals surface area contributed by atoms with Crippen LogP contribution in [0.4, 0.5) is 18.9 Å². The third-order valence-corrected chi connectivity index (χ3v) is 6.07. The first-order valence-corrected chi connectivity index (χ1v) is 9.60. The van der Waals surface area contributed by atoms with E-state index in [2.05, 4.69) is 0 Å². The van der Waals surface area contributed by atoms with E-state index in [1.165, 1.54) is 37.1 Å². The summed E-state index contributed by atoms with van der Waals surface area (Å²) >= 11 is 0.279. The fraction of sp³-hybridized carbons (Fsp3) is 0.238. The van der Waals surface area contributed by atoms with Crippen molar-refractivity contribution in [1.82, 2.24) is 0 Å². The number of halogens is 3. The molecule has 150 valence electrons. The molecule has 0 N–H and O–H groups in total. The van der Waals surface area contributed by atoms with Crippen molar-refractivity contribution in [3.63, 3.8) is 0 Å². The second-order valence-corrected chi connectivity index (χ2v) is 8.47. The van der Waals surface area contributed by atoms with Gasteiger partial charge in [0, 0.05) is 29.8 Å². The molecule has 1 amide bonds. The molecule has 1 aliphatic heterocycles. The summed E-state index contributed by atoms with van der Waals surface area (Å²) in [5, 5.41) is -2.84. The van der Waals surface area contributed by atoms with Crippen molar-refractivity contribution < 1.29 is 22.4 Å². The molecule has 3 aromatic rings. The highest BCUT2D eigenvalue weighted by molar-refractivity contribution is 8.00. The summed E-state index contributed by atoms with van der Waals surface area (Å²) in [5.74, 6) is -1.05. The number of rotatable bonds is 4. The van der Waals surface area contributed by atoms with Crippen LogP contribution in [0.3, 0.4) is 0 Å². The van der Waals surface area contributed by atoms with Gasteiger partial charge in [-0.05, 0) is 42.8 Å². The minimum Gasteiger partial charge on any atom is -0.423 e. The van der Waals surface area contributed by atoms with Crippen LogP contribution < -0.4 is 10.5 Å². The number of amides is 1. The van der Waals surface area contributed by atoms with Gasteiger partial charge in [0.25, 0.3) is 5.25 Å². The van der Waals surface area contributed by atoms with E-state index in [-0.39, 0.29) is 22.2 Å². The van der Waals surface area contributed by atoms with Crippen molar-refractivity contribution in [2.75, 3.05) is 11.9 Å². The Labute approximate surface area is 168 Å². The van der Waals surface area contributed by atoms with E-state index in [1.807, 2.05) is 0 Å². The lowest BCUT2D eigenvalue weighted by molar-refractivity contribution is -0.125. The number of anilines is 1. The van der Waals surface area contributed by atoms with Crippen LogP contribution in [0.5, 0.6) is 0 Å². The monoisotopic (exact) mass is 419 g/mol. The molecule has 0 fully saturated rings. The summed E-state index contributed by atoms with van der Waals surface area (Å²) in [6.07, 6.45) is -0.775. The van der Waals surface area contributed by atoms with Crippen molar-refractivity contribution in [2.45, 2.75) is 28.9 Å². The van der Waals surface area contributed by atoms with Gasteiger partial charge in [-0.25, -0.2) is 9.18 Å². The predicted octanol–water partition coefficient (Wildman–Crippen LogP) is 4.94. The van der Waals surface area contributed by atoms with Crippen molar-refractivity contribution >= 4 is 34.3 Å². The highest BCUT2D eigenvalue weighted by atomic mass is 32.2. The van der Waals surface area contributed by atoms with Gasteiger partial charge in [0.2, 0.25) is 5.91 Å². The zero-order valence-corrected chi connectivity index (χ0v) is 16.4. The maximum atomic E-state index is 15.0. The number of hydrogen-bond acceptors (Lipinski definition) is 4. The van der Waals surface area contributed by atoms with E-state index in [0.29, 0.717) is 16.6 Å². The number of nitrogens with zero attached hydrogens (tertiary/aromatic N) is 1. The first-order chi connectivity index (χ1) is 13.6. The minimum atomic E-state index is -3.31. The molecule has 0 saturated carbocycles. The summed E-state index contributed by atoms with van der Waals surface area (Å²) in [6, 6.07) is 10.7. The molecular formula is C21H16F3NO3S. The van der Waals surface area contributed by atoms with Gasteiger partial charge in [-0.2, -0.15) is 8.78 Å². The Kier molecular flexibility index (Phi) is 4.49. The molecule has 8 heteroatoms. The zero-order chi connectivity index (χ0) is 21.0. The van der Waals surface area contributed by atoms with E-state index in [0.717, 1.165) is 12.1 Å². The van der Waals surface area contributed by atoms with E-state index in [1.54, 1.807) is 18.2 Å². The van der Waals surface area contributed by atoms with Gasteiger partial charge in [0.1, 0.15) is 11.4 Å². The third-order valence-electron chi connectivity index (χ3n) is 5.12. The lowest BCUT2D eigenvalue weighted by Crippen LogP contribution is -2.49. The first-order valence-electron chi connectivity index (χ1n) is 8.79. The topological polar surface area (TPSA) is 50.5 Å². The molecule has 2 heterocycles. The summed E-state index contributed by atoms with van der Waals surface area (Å²) < 4.78 is 48.3. The predicted molar refractivity (Wildman–Crippen MR) is 105 cm³/mol. The summed E-state index contributed by atoms with van der Waals surface area (Å²) in [6.45, 7) is 1.47. The Morgan fingerprint density at radius 3 is 2.52 bits per heavy atom. The number of likely N-dealkylation sites (N-methyl/N-ethyl adjacent to an activating group) is 1. The van der Waals surface area contributed by atoms with Crippen molar-refractivity contribution in [1.29, 1.82) is 0 Å². The molecular weight excluding hydrogens is 403 g/mol. The normalized spacial score (nSPS) is 19.1. The van der Waals surface area contributed by atoms with E-state index in [4.69, 9.17) is 4.42 Å². The van der Waals surface area contributed by atoms with Crippen molar-refractivity contribution in [3.05, 3.63) is 70.3 Å². The Morgan fingerprint density at radius 2 is 1.83 bits per heavy atom. The number of thioether (sulfide) groups is 1. The molecule has 1 atom stereocenters. The second-order valence-electron chi connectivity index (χ2n) is 7.20. The van der Waals surface area contributed by atoms with Gasteiger partial charge in [0.05, 0.1) is 11.1 Å². The summed E-state index contributed by atoms with van der Waals surface area (Å²) in [4.78, 5) is 26.4. The van der Waals surface area contributed by atoms with Gasteiger partial charge < -0.3 is 9.32 Å². The fourth-order valence-electron chi connectivity index (χ4n) is 3.81. The minimum absolute atomic E-state index is 0.196. The van der Waals surface area contributed by atoms with Crippen LogP contribution in [-0.4, -0.2) is 18.2 Å². The van der Waals surface area contributed by atoms with E-state index in [9.17, 15) is 22.8 Å². The van der Waals surface area contributed by atoms with Gasteiger partial charge in [-0.15, -0.1) is 0 Å². The van der Waals surface area contributed by atoms with Gasteiger partial charge in [-0.3, -0.25) is 4.79 Å². The Hall–Kier alpha value is -2.74. The molecule has 1 aromatic heterocycles. The zero-order valence-electron chi connectivity index (χ0n) is 15.5. The van der Waals surface area contributed by atoms with Crippen LogP contribution in [0, 0.1) is 5.82 Å². The Balaban J connectivity index is 1.79. The SMILES string of the molecule is CN1C(=O)C(C)(CC(F)(F)Sc2ccc(F)cc2)c2cccc3oc(=O)cc1c23. The number of alkyl halides is 2. The maximum Gasteiger partial charge on any atom is 0.338 e. The fourth-order valence-corrected chi connectivity index (χ4v) is 4.79. The molecule has 0 aliphatic carbocycles. The Bertz CT molecular complexity index is 1180. The lowest BCUT2D eigenvalue weighted by atomic mass is 9.74. The Morgan fingerprint density at radius 1 is 1.14 bits per heavy atom. The largest absolute Gasteiger partial charge is 0.423 e. The van der Waals surface area contributed by atoms with Crippen LogP contribution in [0.1, 0.15) is 18.9 Å². The molecule has 0 spiro atoms. The molecule has 4 nitrogen and oxygen atoms in total. The number of carbonyl (C=O) groups is 1. The standard InChI is InChI=1S/C21H16F3NO3S/c1-20(11-21(23,24)29-13-8-6-12(22)7-9-13)14-4-3-5-16-18(14)15(10-17(26)28-16)25(2)19(20)27/h3-10H,11H2,1-2H3. The highest BCUT2D eigenvalue weighted by Crippen LogP contribution is 2.50. The van der Waals surface area contributed by atoms with Gasteiger partial charge >= 0.3 is 5.63 Å². The van der Waals surface area contributed by atoms with E-state index >= 15 is 0 Å². The van der Waals surface area contributed by atoms with Gasteiger partial charge in [-0.1, -0.05) is 23.9 Å². The molecule has 0 bridgehead atoms. The van der Waals surface area contributed by atoms with Crippen molar-refractivity contribution in [2.24, 2.45) is 0 Å². The summed E-state index contributed by atoms with van der Waals surface area (Å²) in [5.41, 5.74) is -1.20. The second kappa shape index (κ2) is 6.66. The first kappa shape index (κ1) is 19.6. The third kappa shape index (κ3) is 3.31. The van der Waals surface area contributed by atoms with Crippen LogP contribution in [-0.2, 0) is 10.2 Å². The van der Waals surface area contributed by atoms with E-state index < -0.39 is 34.4 Å². The quantitative estimate of drug-likeness (QED) is 0.444. The average molecular weight is 419 g/mol. The highest BCUT2D eigenvalue weighted by Gasteiger charge is 2.50. The van der Waals surface area contributed by atoms with Crippen molar-refractivity contribution in [3.8, 4) is 0 Å². The number of benzene rings is 2. The lowest BCUT2D eigenvalue weighted by Gasteiger charge is -2.40. The molecule has 2 aromatic carbocycles. The molecule has 1 aliphatic rings. The maximum absolute atomic E-state index is 15.0. The van der Waals surface area contributed by atoms with Crippen LogP contribution in [0.2, 0.25) is 0 Å². The van der Waals surface area contributed by atoms with Crippen LogP contribution in [0.25, 0.3) is 11.0 Å². The molecule has 1 unspecified atom stereocenters. The van der Waals surface area contributed by atoms with Crippen LogP contribution in [0.15, 0.2) is 62.6 Å². The molecule has 29 heavy (non-hydrogen) atoms.